The number of rotatable bonds is 6. The fraction of sp³-hybridized carbons (Fsp3) is 0.333. The van der Waals surface area contributed by atoms with Gasteiger partial charge < -0.3 is 16.0 Å². The van der Waals surface area contributed by atoms with Crippen LogP contribution in [-0.4, -0.2) is 56.0 Å². The van der Waals surface area contributed by atoms with E-state index < -0.39 is 17.6 Å². The fourth-order valence-electron chi connectivity index (χ4n) is 3.18. The van der Waals surface area contributed by atoms with E-state index in [-0.39, 0.29) is 22.7 Å². The monoisotopic (exact) mass is 420 g/mol. The van der Waals surface area contributed by atoms with Gasteiger partial charge in [0, 0.05) is 44.8 Å². The van der Waals surface area contributed by atoms with Gasteiger partial charge in [-0.2, -0.15) is 13.2 Å². The molecular weight excluding hydrogens is 397 g/mol. The summed E-state index contributed by atoms with van der Waals surface area (Å²) in [5, 5.41) is 8.63. The van der Waals surface area contributed by atoms with E-state index in [4.69, 9.17) is 0 Å². The minimum absolute atomic E-state index is 0.140. The Labute approximate surface area is 172 Å². The van der Waals surface area contributed by atoms with Gasteiger partial charge in [-0.3, -0.25) is 14.5 Å². The van der Waals surface area contributed by atoms with Gasteiger partial charge >= 0.3 is 6.18 Å². The molecule has 2 aromatic rings. The van der Waals surface area contributed by atoms with E-state index in [1.165, 1.54) is 18.2 Å². The number of carbonyl (C=O) groups excluding carboxylic acids is 2. The van der Waals surface area contributed by atoms with Crippen LogP contribution in [0.4, 0.5) is 18.9 Å². The molecule has 0 unspecified atom stereocenters. The van der Waals surface area contributed by atoms with Crippen LogP contribution in [0.25, 0.3) is 0 Å². The number of para-hydroxylation sites is 1. The van der Waals surface area contributed by atoms with Gasteiger partial charge in [0.15, 0.2) is 0 Å². The molecule has 1 heterocycles. The number of carbonyl (C=O) groups is 2. The quantitative estimate of drug-likeness (QED) is 0.672. The zero-order valence-electron chi connectivity index (χ0n) is 16.3. The number of hydrogen-bond donors (Lipinski definition) is 3. The molecule has 0 atom stereocenters. The summed E-state index contributed by atoms with van der Waals surface area (Å²) in [7, 11) is 0. The Bertz CT molecular complexity index is 896. The summed E-state index contributed by atoms with van der Waals surface area (Å²) in [4.78, 5) is 27.3. The van der Waals surface area contributed by atoms with Gasteiger partial charge in [0.25, 0.3) is 11.8 Å². The van der Waals surface area contributed by atoms with Crippen molar-refractivity contribution in [2.75, 3.05) is 44.6 Å². The molecule has 1 aliphatic heterocycles. The average molecular weight is 420 g/mol. The first-order valence-corrected chi connectivity index (χ1v) is 9.63. The van der Waals surface area contributed by atoms with Crippen molar-refractivity contribution >= 4 is 17.5 Å². The van der Waals surface area contributed by atoms with E-state index >= 15 is 0 Å². The first-order chi connectivity index (χ1) is 14.3. The number of piperazine rings is 1. The number of nitrogens with one attached hydrogen (secondary N) is 3. The first-order valence-electron chi connectivity index (χ1n) is 9.63. The predicted octanol–water partition coefficient (Wildman–Crippen LogP) is 2.59. The van der Waals surface area contributed by atoms with Crippen molar-refractivity contribution in [3.63, 3.8) is 0 Å². The molecule has 2 amide bonds. The molecule has 3 rings (SSSR count). The van der Waals surface area contributed by atoms with Crippen LogP contribution >= 0.6 is 0 Å². The van der Waals surface area contributed by atoms with Crippen LogP contribution in [0.15, 0.2) is 48.5 Å². The van der Waals surface area contributed by atoms with Crippen molar-refractivity contribution in [2.45, 2.75) is 6.18 Å². The van der Waals surface area contributed by atoms with Crippen LogP contribution in [0, 0.1) is 0 Å². The molecule has 0 radical (unpaired) electrons. The molecule has 1 saturated heterocycles. The van der Waals surface area contributed by atoms with Crippen LogP contribution < -0.4 is 16.0 Å². The largest absolute Gasteiger partial charge is 0.416 e. The van der Waals surface area contributed by atoms with Crippen molar-refractivity contribution in [3.8, 4) is 0 Å². The number of amides is 2. The number of alkyl halides is 3. The second-order valence-corrected chi connectivity index (χ2v) is 6.93. The Hall–Kier alpha value is -2.91. The Morgan fingerprint density at radius 3 is 2.47 bits per heavy atom. The average Bonchev–Trinajstić information content (AvgIpc) is 2.74. The predicted molar refractivity (Wildman–Crippen MR) is 107 cm³/mol. The summed E-state index contributed by atoms with van der Waals surface area (Å²) in [5.41, 5.74) is -0.564. The number of benzene rings is 2. The number of hydrogen-bond acceptors (Lipinski definition) is 4. The smallest absolute Gasteiger partial charge is 0.351 e. The summed E-state index contributed by atoms with van der Waals surface area (Å²) >= 11 is 0. The minimum Gasteiger partial charge on any atom is -0.351 e. The van der Waals surface area contributed by atoms with E-state index in [0.717, 1.165) is 38.3 Å². The lowest BCUT2D eigenvalue weighted by atomic mass is 10.1. The van der Waals surface area contributed by atoms with Crippen molar-refractivity contribution in [1.29, 1.82) is 0 Å². The highest BCUT2D eigenvalue weighted by atomic mass is 19.4. The number of nitrogens with zero attached hydrogens (tertiary/aromatic N) is 1. The molecule has 6 nitrogen and oxygen atoms in total. The lowest BCUT2D eigenvalue weighted by Crippen LogP contribution is -2.46. The molecule has 0 saturated carbocycles. The van der Waals surface area contributed by atoms with E-state index in [1.807, 2.05) is 0 Å². The third-order valence-electron chi connectivity index (χ3n) is 4.80. The minimum atomic E-state index is -4.54. The van der Waals surface area contributed by atoms with Crippen LogP contribution in [0.1, 0.15) is 26.3 Å². The maximum absolute atomic E-state index is 12.9. The van der Waals surface area contributed by atoms with Crippen LogP contribution in [-0.2, 0) is 6.18 Å². The third-order valence-corrected chi connectivity index (χ3v) is 4.80. The lowest BCUT2D eigenvalue weighted by molar-refractivity contribution is -0.137. The molecule has 0 bridgehead atoms. The molecule has 9 heteroatoms. The molecule has 0 spiro atoms. The second-order valence-electron chi connectivity index (χ2n) is 6.93. The zero-order valence-corrected chi connectivity index (χ0v) is 16.3. The van der Waals surface area contributed by atoms with Crippen LogP contribution in [0.3, 0.4) is 0 Å². The van der Waals surface area contributed by atoms with E-state index in [2.05, 4.69) is 20.9 Å². The summed E-state index contributed by atoms with van der Waals surface area (Å²) in [6, 6.07) is 10.5. The summed E-state index contributed by atoms with van der Waals surface area (Å²) in [6.07, 6.45) is -4.54. The summed E-state index contributed by atoms with van der Waals surface area (Å²) < 4.78 is 38.7. The molecule has 2 aromatic carbocycles. The molecule has 0 aliphatic carbocycles. The van der Waals surface area contributed by atoms with E-state index in [9.17, 15) is 22.8 Å². The van der Waals surface area contributed by atoms with Gasteiger partial charge in [0.05, 0.1) is 16.8 Å². The fourth-order valence-corrected chi connectivity index (χ4v) is 3.18. The highest BCUT2D eigenvalue weighted by molar-refractivity contribution is 6.09. The summed E-state index contributed by atoms with van der Waals surface area (Å²) in [6.45, 7) is 4.83. The highest BCUT2D eigenvalue weighted by Gasteiger charge is 2.31. The van der Waals surface area contributed by atoms with Gasteiger partial charge in [-0.1, -0.05) is 18.2 Å². The molecule has 1 aliphatic rings. The molecule has 3 N–H and O–H groups in total. The van der Waals surface area contributed by atoms with Crippen molar-refractivity contribution < 1.29 is 22.8 Å². The molecule has 0 aromatic heterocycles. The molecule has 1 fully saturated rings. The Kier molecular flexibility index (Phi) is 7.07. The highest BCUT2D eigenvalue weighted by Crippen LogP contribution is 2.29. The Morgan fingerprint density at radius 1 is 1.00 bits per heavy atom. The normalized spacial score (nSPS) is 14.9. The van der Waals surface area contributed by atoms with Crippen molar-refractivity contribution in [1.82, 2.24) is 15.5 Å². The van der Waals surface area contributed by atoms with Gasteiger partial charge in [-0.05, 0) is 30.3 Å². The van der Waals surface area contributed by atoms with Crippen LogP contribution in [0.5, 0.6) is 0 Å². The van der Waals surface area contributed by atoms with E-state index in [0.29, 0.717) is 13.1 Å². The van der Waals surface area contributed by atoms with Crippen molar-refractivity contribution in [2.24, 2.45) is 0 Å². The van der Waals surface area contributed by atoms with Gasteiger partial charge in [0.1, 0.15) is 0 Å². The SMILES string of the molecule is O=C(Nc1ccccc1C(=O)NCCN1CCNCC1)c1cccc(C(F)(F)F)c1. The first kappa shape index (κ1) is 21.8. The number of anilines is 1. The van der Waals surface area contributed by atoms with Crippen molar-refractivity contribution in [3.05, 3.63) is 65.2 Å². The maximum atomic E-state index is 12.9. The Morgan fingerprint density at radius 2 is 1.73 bits per heavy atom. The molecule has 160 valence electrons. The zero-order chi connectivity index (χ0) is 21.6. The van der Waals surface area contributed by atoms with Gasteiger partial charge in [0.2, 0.25) is 0 Å². The second kappa shape index (κ2) is 9.73. The standard InChI is InChI=1S/C21H23F3N4O2/c22-21(23,24)16-5-3-4-15(14-16)19(29)27-18-7-2-1-6-17(18)20(30)26-10-13-28-11-8-25-9-12-28/h1-7,14,25H,8-13H2,(H,26,30)(H,27,29). The maximum Gasteiger partial charge on any atom is 0.416 e. The van der Waals surface area contributed by atoms with Gasteiger partial charge in [-0.15, -0.1) is 0 Å². The molecular formula is C21H23F3N4O2. The Balaban J connectivity index is 1.64. The summed E-state index contributed by atoms with van der Waals surface area (Å²) in [5.74, 6) is -1.08. The van der Waals surface area contributed by atoms with Gasteiger partial charge in [-0.25, -0.2) is 0 Å². The third kappa shape index (κ3) is 5.80. The number of halogens is 3. The topological polar surface area (TPSA) is 73.5 Å². The molecule has 30 heavy (non-hydrogen) atoms. The van der Waals surface area contributed by atoms with Crippen LogP contribution in [0.2, 0.25) is 0 Å². The lowest BCUT2D eigenvalue weighted by Gasteiger charge is -2.27. The van der Waals surface area contributed by atoms with E-state index in [1.54, 1.807) is 18.2 Å².